The van der Waals surface area contributed by atoms with E-state index in [0.717, 1.165) is 28.8 Å². The van der Waals surface area contributed by atoms with Gasteiger partial charge in [-0.25, -0.2) is 4.39 Å². The molecule has 25 heavy (non-hydrogen) atoms. The summed E-state index contributed by atoms with van der Waals surface area (Å²) in [7, 11) is 0. The molecule has 0 spiro atoms. The third-order valence-electron chi connectivity index (χ3n) is 4.45. The highest BCUT2D eigenvalue weighted by molar-refractivity contribution is 6.14. The lowest BCUT2D eigenvalue weighted by atomic mass is 9.94. The Morgan fingerprint density at radius 2 is 1.40 bits per heavy atom. The predicted molar refractivity (Wildman–Crippen MR) is 101 cm³/mol. The van der Waals surface area contributed by atoms with Crippen molar-refractivity contribution >= 4 is 17.9 Å². The maximum absolute atomic E-state index is 13.1. The van der Waals surface area contributed by atoms with Crippen molar-refractivity contribution < 1.29 is 9.18 Å². The number of carbonyl (C=O) groups is 1. The molecule has 3 heteroatoms. The van der Waals surface area contributed by atoms with E-state index in [1.54, 1.807) is 12.1 Å². The largest absolute Gasteiger partial charge is 0.295 e. The molecule has 1 heterocycles. The van der Waals surface area contributed by atoms with E-state index in [9.17, 15) is 9.18 Å². The van der Waals surface area contributed by atoms with Gasteiger partial charge in [0.05, 0.1) is 0 Å². The summed E-state index contributed by atoms with van der Waals surface area (Å²) in [5, 5.41) is 0. The van der Waals surface area contributed by atoms with Crippen molar-refractivity contribution in [2.75, 3.05) is 19.6 Å². The summed E-state index contributed by atoms with van der Waals surface area (Å²) in [6, 6.07) is 14.4. The topological polar surface area (TPSA) is 20.3 Å². The van der Waals surface area contributed by atoms with Gasteiger partial charge >= 0.3 is 0 Å². The highest BCUT2D eigenvalue weighted by Crippen LogP contribution is 2.22. The molecule has 0 aromatic heterocycles. The summed E-state index contributed by atoms with van der Waals surface area (Å²) in [5.41, 5.74) is 4.62. The van der Waals surface area contributed by atoms with Gasteiger partial charge in [0.2, 0.25) is 0 Å². The maximum Gasteiger partial charge on any atom is 0.187 e. The fourth-order valence-electron chi connectivity index (χ4n) is 2.96. The number of nitrogens with zero attached hydrogens (tertiary/aromatic N) is 1. The van der Waals surface area contributed by atoms with Crippen molar-refractivity contribution in [2.45, 2.75) is 13.8 Å². The fraction of sp³-hybridized carbons (Fsp3) is 0.227. The minimum atomic E-state index is -0.271. The van der Waals surface area contributed by atoms with Crippen molar-refractivity contribution in [2.24, 2.45) is 0 Å². The summed E-state index contributed by atoms with van der Waals surface area (Å²) < 4.78 is 13.1. The lowest BCUT2D eigenvalue weighted by Crippen LogP contribution is -2.37. The number of hydrogen-bond donors (Lipinski definition) is 0. The monoisotopic (exact) mass is 335 g/mol. The third kappa shape index (κ3) is 4.31. The number of Topliss-reactive ketones (excluding diaryl/α,β-unsaturated/α-hetero) is 1. The lowest BCUT2D eigenvalue weighted by molar-refractivity contribution is -0.113. The van der Waals surface area contributed by atoms with Crippen LogP contribution in [0.3, 0.4) is 0 Å². The molecule has 0 N–H and O–H groups in total. The van der Waals surface area contributed by atoms with Crippen LogP contribution >= 0.6 is 0 Å². The van der Waals surface area contributed by atoms with Gasteiger partial charge in [-0.3, -0.25) is 9.69 Å². The van der Waals surface area contributed by atoms with Crippen LogP contribution in [0.2, 0.25) is 0 Å². The molecule has 0 aliphatic carbocycles. The number of hydrogen-bond acceptors (Lipinski definition) is 2. The second kappa shape index (κ2) is 7.58. The number of halogens is 1. The highest BCUT2D eigenvalue weighted by atomic mass is 19.1. The predicted octanol–water partition coefficient (Wildman–Crippen LogP) is 4.51. The van der Waals surface area contributed by atoms with Crippen molar-refractivity contribution in [1.82, 2.24) is 4.90 Å². The Labute approximate surface area is 148 Å². The van der Waals surface area contributed by atoms with Crippen LogP contribution in [0.5, 0.6) is 0 Å². The number of aryl methyl sites for hydroxylation is 1. The van der Waals surface area contributed by atoms with E-state index in [2.05, 4.69) is 11.8 Å². The number of ketones is 1. The SMILES string of the molecule is CCN1C/C(=C\c2ccc(C)cc2)C(=O)/C(=C/c2ccc(F)cc2)C1. The molecule has 3 rings (SSSR count). The molecular weight excluding hydrogens is 313 g/mol. The van der Waals surface area contributed by atoms with Crippen LogP contribution in [0.25, 0.3) is 12.2 Å². The molecule has 128 valence electrons. The van der Waals surface area contributed by atoms with Gasteiger partial charge in [-0.1, -0.05) is 48.9 Å². The fourth-order valence-corrected chi connectivity index (χ4v) is 2.96. The number of likely N-dealkylation sites (tertiary alicyclic amines) is 1. The summed E-state index contributed by atoms with van der Waals surface area (Å²) >= 11 is 0. The smallest absolute Gasteiger partial charge is 0.187 e. The molecule has 0 amide bonds. The van der Waals surface area contributed by atoms with E-state index >= 15 is 0 Å². The molecule has 1 fully saturated rings. The van der Waals surface area contributed by atoms with Gasteiger partial charge in [0.25, 0.3) is 0 Å². The second-order valence-electron chi connectivity index (χ2n) is 6.43. The standard InChI is InChI=1S/C22H22FNO/c1-3-24-14-19(12-17-6-4-16(2)5-7-17)22(25)20(15-24)13-18-8-10-21(23)11-9-18/h4-13H,3,14-15H2,1-2H3/b19-12+,20-13+. The second-order valence-corrected chi connectivity index (χ2v) is 6.43. The Kier molecular flexibility index (Phi) is 5.25. The van der Waals surface area contributed by atoms with Crippen molar-refractivity contribution in [1.29, 1.82) is 0 Å². The first-order valence-corrected chi connectivity index (χ1v) is 8.55. The van der Waals surface area contributed by atoms with E-state index in [1.807, 2.05) is 43.3 Å². The number of carbonyl (C=O) groups excluding carboxylic acids is 1. The summed E-state index contributed by atoms with van der Waals surface area (Å²) in [5.74, 6) is -0.193. The third-order valence-corrected chi connectivity index (χ3v) is 4.45. The molecule has 2 aromatic carbocycles. The van der Waals surface area contributed by atoms with E-state index in [0.29, 0.717) is 13.1 Å². The average Bonchev–Trinajstić information content (AvgIpc) is 2.62. The molecule has 2 aromatic rings. The first-order valence-electron chi connectivity index (χ1n) is 8.55. The van der Waals surface area contributed by atoms with Crippen LogP contribution in [-0.2, 0) is 4.79 Å². The Hall–Kier alpha value is -2.52. The summed E-state index contributed by atoms with van der Waals surface area (Å²) in [6.45, 7) is 6.29. The molecule has 0 bridgehead atoms. The first kappa shape index (κ1) is 17.3. The van der Waals surface area contributed by atoms with Gasteiger partial charge in [0, 0.05) is 24.2 Å². The Morgan fingerprint density at radius 3 is 1.88 bits per heavy atom. The van der Waals surface area contributed by atoms with Crippen molar-refractivity contribution in [3.05, 3.63) is 82.2 Å². The van der Waals surface area contributed by atoms with Gasteiger partial charge in [-0.2, -0.15) is 0 Å². The number of rotatable bonds is 3. The molecule has 1 aliphatic heterocycles. The minimum absolute atomic E-state index is 0.0783. The lowest BCUT2D eigenvalue weighted by Gasteiger charge is -2.28. The zero-order valence-corrected chi connectivity index (χ0v) is 14.6. The number of likely N-dealkylation sites (N-methyl/N-ethyl adjacent to an activating group) is 1. The van der Waals surface area contributed by atoms with Gasteiger partial charge in [-0.05, 0) is 48.9 Å². The van der Waals surface area contributed by atoms with Gasteiger partial charge in [-0.15, -0.1) is 0 Å². The van der Waals surface area contributed by atoms with Crippen LogP contribution in [0.1, 0.15) is 23.6 Å². The van der Waals surface area contributed by atoms with E-state index < -0.39 is 0 Å². The molecule has 0 unspecified atom stereocenters. The van der Waals surface area contributed by atoms with Crippen LogP contribution in [-0.4, -0.2) is 30.3 Å². The summed E-state index contributed by atoms with van der Waals surface area (Å²) in [4.78, 5) is 15.1. The van der Waals surface area contributed by atoms with Gasteiger partial charge in [0.1, 0.15) is 5.82 Å². The van der Waals surface area contributed by atoms with Crippen LogP contribution in [0.15, 0.2) is 59.7 Å². The Morgan fingerprint density at radius 1 is 0.920 bits per heavy atom. The van der Waals surface area contributed by atoms with E-state index in [4.69, 9.17) is 0 Å². The minimum Gasteiger partial charge on any atom is -0.295 e. The molecule has 0 saturated carbocycles. The van der Waals surface area contributed by atoms with Crippen LogP contribution < -0.4 is 0 Å². The molecule has 2 nitrogen and oxygen atoms in total. The number of piperidine rings is 1. The molecular formula is C22H22FNO. The summed E-state index contributed by atoms with van der Waals surface area (Å²) in [6.07, 6.45) is 3.84. The Balaban J connectivity index is 1.93. The van der Waals surface area contributed by atoms with Crippen molar-refractivity contribution in [3.8, 4) is 0 Å². The normalized spacial score (nSPS) is 18.9. The zero-order chi connectivity index (χ0) is 17.8. The Bertz CT molecular complexity index is 749. The van der Waals surface area contributed by atoms with Gasteiger partial charge < -0.3 is 0 Å². The molecule has 0 radical (unpaired) electrons. The molecule has 1 saturated heterocycles. The van der Waals surface area contributed by atoms with E-state index in [-0.39, 0.29) is 11.6 Å². The number of benzene rings is 2. The molecule has 1 aliphatic rings. The average molecular weight is 335 g/mol. The van der Waals surface area contributed by atoms with Crippen molar-refractivity contribution in [3.63, 3.8) is 0 Å². The maximum atomic E-state index is 13.1. The van der Waals surface area contributed by atoms with Crippen LogP contribution in [0.4, 0.5) is 4.39 Å². The highest BCUT2D eigenvalue weighted by Gasteiger charge is 2.25. The quantitative estimate of drug-likeness (QED) is 0.770. The van der Waals surface area contributed by atoms with Crippen LogP contribution in [0, 0.1) is 12.7 Å². The zero-order valence-electron chi connectivity index (χ0n) is 14.6. The van der Waals surface area contributed by atoms with Gasteiger partial charge in [0.15, 0.2) is 5.78 Å². The first-order chi connectivity index (χ1) is 12.0. The van der Waals surface area contributed by atoms with E-state index in [1.165, 1.54) is 17.7 Å². The molecule has 0 atom stereocenters.